The van der Waals surface area contributed by atoms with Crippen LogP contribution in [0.5, 0.6) is 0 Å². The molecule has 11 heavy (non-hydrogen) atoms. The van der Waals surface area contributed by atoms with Gasteiger partial charge in [-0.1, -0.05) is 0 Å². The van der Waals surface area contributed by atoms with Crippen LogP contribution in [0.2, 0.25) is 0 Å². The lowest BCUT2D eigenvalue weighted by Crippen LogP contribution is -2.44. The van der Waals surface area contributed by atoms with E-state index in [-0.39, 0.29) is 0 Å². The van der Waals surface area contributed by atoms with Gasteiger partial charge in [-0.15, -0.1) is 0 Å². The lowest BCUT2D eigenvalue weighted by molar-refractivity contribution is -0.146. The fourth-order valence-electron chi connectivity index (χ4n) is 0.605. The van der Waals surface area contributed by atoms with Crippen LogP contribution < -0.4 is 5.32 Å². The minimum atomic E-state index is -0.975. The number of methoxy groups -OCH3 is 1. The molecule has 0 aromatic rings. The Morgan fingerprint density at radius 1 is 1.73 bits per heavy atom. The summed E-state index contributed by atoms with van der Waals surface area (Å²) >= 11 is 0. The summed E-state index contributed by atoms with van der Waals surface area (Å²) < 4.78 is 4.31. The van der Waals surface area contributed by atoms with Gasteiger partial charge in [0.05, 0.1) is 13.2 Å². The van der Waals surface area contributed by atoms with E-state index in [2.05, 4.69) is 10.1 Å². The van der Waals surface area contributed by atoms with Gasteiger partial charge in [0.1, 0.15) is 0 Å². The summed E-state index contributed by atoms with van der Waals surface area (Å²) in [5.41, 5.74) is 0. The Labute approximate surface area is 64.3 Å². The largest absolute Gasteiger partial charge is 0.467 e. The zero-order valence-corrected chi connectivity index (χ0v) is 6.40. The Bertz CT molecular complexity index is 146. The Kier molecular flexibility index (Phi) is 4.21. The van der Waals surface area contributed by atoms with Crippen molar-refractivity contribution in [3.8, 4) is 0 Å². The fraction of sp³-hybridized carbons (Fsp3) is 0.667. The standard InChI is InChI=1S/C6H11NO4/c1-4(9)5(7-3-8)6(10)11-2/h3-5,9H,1-2H3,(H,7,8)/t4-,5+/m1/s1. The molecule has 0 radical (unpaired) electrons. The lowest BCUT2D eigenvalue weighted by Gasteiger charge is -2.15. The molecule has 0 saturated carbocycles. The van der Waals surface area contributed by atoms with Crippen molar-refractivity contribution in [1.29, 1.82) is 0 Å². The van der Waals surface area contributed by atoms with Crippen LogP contribution in [-0.4, -0.2) is 36.7 Å². The molecule has 0 bridgehead atoms. The molecule has 0 heterocycles. The van der Waals surface area contributed by atoms with E-state index >= 15 is 0 Å². The van der Waals surface area contributed by atoms with E-state index in [4.69, 9.17) is 5.11 Å². The van der Waals surface area contributed by atoms with E-state index in [0.717, 1.165) is 0 Å². The van der Waals surface area contributed by atoms with Gasteiger partial charge >= 0.3 is 5.97 Å². The minimum Gasteiger partial charge on any atom is -0.467 e. The third-order valence-corrected chi connectivity index (χ3v) is 1.19. The molecule has 0 rings (SSSR count). The third-order valence-electron chi connectivity index (χ3n) is 1.19. The van der Waals surface area contributed by atoms with Gasteiger partial charge < -0.3 is 15.2 Å². The van der Waals surface area contributed by atoms with E-state index in [9.17, 15) is 9.59 Å². The first-order chi connectivity index (χ1) is 5.13. The molecule has 2 atom stereocenters. The highest BCUT2D eigenvalue weighted by atomic mass is 16.5. The first-order valence-corrected chi connectivity index (χ1v) is 3.09. The molecule has 1 amide bonds. The van der Waals surface area contributed by atoms with E-state index in [0.29, 0.717) is 6.41 Å². The van der Waals surface area contributed by atoms with Crippen molar-refractivity contribution in [2.75, 3.05) is 7.11 Å². The second-order valence-electron chi connectivity index (χ2n) is 2.03. The van der Waals surface area contributed by atoms with Crippen molar-refractivity contribution in [2.45, 2.75) is 19.1 Å². The maximum atomic E-state index is 10.7. The highest BCUT2D eigenvalue weighted by Gasteiger charge is 2.22. The predicted octanol–water partition coefficient (Wildman–Crippen LogP) is -1.35. The van der Waals surface area contributed by atoms with Crippen molar-refractivity contribution in [2.24, 2.45) is 0 Å². The van der Waals surface area contributed by atoms with Crippen molar-refractivity contribution in [1.82, 2.24) is 5.32 Å². The van der Waals surface area contributed by atoms with E-state index in [1.54, 1.807) is 0 Å². The highest BCUT2D eigenvalue weighted by Crippen LogP contribution is 1.93. The fourth-order valence-corrected chi connectivity index (χ4v) is 0.605. The van der Waals surface area contributed by atoms with Crippen molar-refractivity contribution in [3.63, 3.8) is 0 Å². The Morgan fingerprint density at radius 2 is 2.27 bits per heavy atom. The summed E-state index contributed by atoms with van der Waals surface area (Å²) in [6, 6.07) is -0.975. The average Bonchev–Trinajstić information content (AvgIpc) is 1.98. The topological polar surface area (TPSA) is 75.6 Å². The van der Waals surface area contributed by atoms with Gasteiger partial charge in [-0.2, -0.15) is 0 Å². The number of aliphatic hydroxyl groups is 1. The number of carbonyl (C=O) groups is 2. The number of amides is 1. The van der Waals surface area contributed by atoms with Crippen LogP contribution in [0.1, 0.15) is 6.92 Å². The van der Waals surface area contributed by atoms with Gasteiger partial charge in [0, 0.05) is 0 Å². The molecule has 0 unspecified atom stereocenters. The van der Waals surface area contributed by atoms with Crippen LogP contribution in [0.15, 0.2) is 0 Å². The number of hydrogen-bond acceptors (Lipinski definition) is 4. The molecule has 0 aromatic heterocycles. The molecule has 0 fully saturated rings. The summed E-state index contributed by atoms with van der Waals surface area (Å²) in [5.74, 6) is -0.660. The summed E-state index contributed by atoms with van der Waals surface area (Å²) in [7, 11) is 1.18. The van der Waals surface area contributed by atoms with E-state index in [1.165, 1.54) is 14.0 Å². The predicted molar refractivity (Wildman–Crippen MR) is 36.7 cm³/mol. The van der Waals surface area contributed by atoms with Crippen LogP contribution >= 0.6 is 0 Å². The molecular formula is C6H11NO4. The zero-order chi connectivity index (χ0) is 8.85. The van der Waals surface area contributed by atoms with Gasteiger partial charge in [0.25, 0.3) is 0 Å². The summed E-state index contributed by atoms with van der Waals surface area (Å²) in [4.78, 5) is 20.6. The van der Waals surface area contributed by atoms with Crippen LogP contribution in [0.4, 0.5) is 0 Å². The van der Waals surface area contributed by atoms with Gasteiger partial charge in [-0.05, 0) is 6.92 Å². The first kappa shape index (κ1) is 9.90. The van der Waals surface area contributed by atoms with Crippen LogP contribution in [0, 0.1) is 0 Å². The van der Waals surface area contributed by atoms with Crippen LogP contribution in [0.3, 0.4) is 0 Å². The normalized spacial score (nSPS) is 14.8. The number of aliphatic hydroxyl groups excluding tert-OH is 1. The maximum Gasteiger partial charge on any atom is 0.331 e. The number of ether oxygens (including phenoxy) is 1. The average molecular weight is 161 g/mol. The van der Waals surface area contributed by atoms with Crippen molar-refractivity contribution < 1.29 is 19.4 Å². The maximum absolute atomic E-state index is 10.7. The molecule has 0 aromatic carbocycles. The van der Waals surface area contributed by atoms with Gasteiger partial charge in [0.2, 0.25) is 6.41 Å². The zero-order valence-electron chi connectivity index (χ0n) is 6.40. The monoisotopic (exact) mass is 161 g/mol. The van der Waals surface area contributed by atoms with Crippen LogP contribution in [0.25, 0.3) is 0 Å². The van der Waals surface area contributed by atoms with Gasteiger partial charge in [0.15, 0.2) is 6.04 Å². The molecule has 0 aliphatic carbocycles. The molecular weight excluding hydrogens is 150 g/mol. The van der Waals surface area contributed by atoms with Crippen molar-refractivity contribution in [3.05, 3.63) is 0 Å². The molecule has 0 spiro atoms. The van der Waals surface area contributed by atoms with E-state index in [1.807, 2.05) is 0 Å². The van der Waals surface area contributed by atoms with Gasteiger partial charge in [-0.25, -0.2) is 4.79 Å². The Morgan fingerprint density at radius 3 is 2.55 bits per heavy atom. The third kappa shape index (κ3) is 2.99. The number of esters is 1. The second-order valence-corrected chi connectivity index (χ2v) is 2.03. The molecule has 0 aliphatic heterocycles. The molecule has 0 aliphatic rings. The molecule has 0 saturated heterocycles. The smallest absolute Gasteiger partial charge is 0.331 e. The second kappa shape index (κ2) is 4.68. The van der Waals surface area contributed by atoms with Crippen LogP contribution in [-0.2, 0) is 14.3 Å². The number of hydrogen-bond donors (Lipinski definition) is 2. The number of rotatable bonds is 4. The first-order valence-electron chi connectivity index (χ1n) is 3.09. The van der Waals surface area contributed by atoms with E-state index < -0.39 is 18.1 Å². The Hall–Kier alpha value is -1.10. The molecule has 2 N–H and O–H groups in total. The number of nitrogens with one attached hydrogen (secondary N) is 1. The summed E-state index contributed by atoms with van der Waals surface area (Å²) in [6.45, 7) is 1.39. The van der Waals surface area contributed by atoms with Gasteiger partial charge in [-0.3, -0.25) is 4.79 Å². The quantitative estimate of drug-likeness (QED) is 0.395. The summed E-state index contributed by atoms with van der Waals surface area (Å²) in [5, 5.41) is 11.1. The van der Waals surface area contributed by atoms with Crippen molar-refractivity contribution >= 4 is 12.4 Å². The minimum absolute atomic E-state index is 0.342. The summed E-state index contributed by atoms with van der Waals surface area (Å²) in [6.07, 6.45) is -0.610. The molecule has 64 valence electrons. The molecule has 5 heteroatoms. The Balaban J connectivity index is 4.08. The highest BCUT2D eigenvalue weighted by molar-refractivity contribution is 5.78. The molecule has 5 nitrogen and oxygen atoms in total. The number of carbonyl (C=O) groups excluding carboxylic acids is 2. The lowest BCUT2D eigenvalue weighted by atomic mass is 10.2. The SMILES string of the molecule is COC(=O)[C@@H](NC=O)[C@@H](C)O.